The predicted molar refractivity (Wildman–Crippen MR) is 100 cm³/mol. The molecule has 0 aliphatic heterocycles. The Bertz CT molecular complexity index is 707. The van der Waals surface area contributed by atoms with Gasteiger partial charge in [0.2, 0.25) is 5.91 Å². The van der Waals surface area contributed by atoms with Gasteiger partial charge in [-0.15, -0.1) is 0 Å². The number of ether oxygens (including phenoxy) is 1. The smallest absolute Gasteiger partial charge is 0.255 e. The Morgan fingerprint density at radius 2 is 1.48 bits per heavy atom. The summed E-state index contributed by atoms with van der Waals surface area (Å²) in [6.45, 7) is 6.51. The van der Waals surface area contributed by atoms with Gasteiger partial charge in [-0.3, -0.25) is 9.59 Å². The topological polar surface area (TPSA) is 67.4 Å². The number of nitrogens with one attached hydrogen (secondary N) is 2. The average Bonchev–Trinajstić information content (AvgIpc) is 2.56. The lowest BCUT2D eigenvalue weighted by Gasteiger charge is -2.09. The van der Waals surface area contributed by atoms with E-state index >= 15 is 0 Å². The zero-order valence-electron chi connectivity index (χ0n) is 14.8. The summed E-state index contributed by atoms with van der Waals surface area (Å²) in [6, 6.07) is 14.0. The van der Waals surface area contributed by atoms with Gasteiger partial charge in [0, 0.05) is 23.4 Å². The van der Waals surface area contributed by atoms with Crippen LogP contribution in [0.25, 0.3) is 0 Å². The van der Waals surface area contributed by atoms with Crippen molar-refractivity contribution in [2.24, 2.45) is 5.92 Å². The van der Waals surface area contributed by atoms with Crippen LogP contribution < -0.4 is 15.4 Å². The third kappa shape index (κ3) is 5.95. The summed E-state index contributed by atoms with van der Waals surface area (Å²) in [7, 11) is 0. The van der Waals surface area contributed by atoms with E-state index in [-0.39, 0.29) is 11.8 Å². The quantitative estimate of drug-likeness (QED) is 0.788. The Morgan fingerprint density at radius 3 is 2.04 bits per heavy atom. The predicted octanol–water partition coefficient (Wildman–Crippen LogP) is 4.32. The highest BCUT2D eigenvalue weighted by atomic mass is 16.5. The van der Waals surface area contributed by atoms with Gasteiger partial charge in [-0.25, -0.2) is 0 Å². The number of anilines is 2. The maximum atomic E-state index is 12.3. The summed E-state index contributed by atoms with van der Waals surface area (Å²) in [6.07, 6.45) is 0.472. The van der Waals surface area contributed by atoms with Crippen LogP contribution in [0.1, 0.15) is 37.6 Å². The van der Waals surface area contributed by atoms with Crippen LogP contribution in [-0.4, -0.2) is 18.4 Å². The fourth-order valence-electron chi connectivity index (χ4n) is 2.29. The molecule has 132 valence electrons. The van der Waals surface area contributed by atoms with Crippen molar-refractivity contribution in [2.45, 2.75) is 27.2 Å². The Hall–Kier alpha value is -2.82. The molecule has 2 aromatic rings. The number of hydrogen-bond donors (Lipinski definition) is 2. The van der Waals surface area contributed by atoms with Gasteiger partial charge in [-0.05, 0) is 61.4 Å². The first-order valence-corrected chi connectivity index (χ1v) is 8.42. The molecule has 2 N–H and O–H groups in total. The van der Waals surface area contributed by atoms with Crippen LogP contribution in [0.3, 0.4) is 0 Å². The van der Waals surface area contributed by atoms with E-state index in [0.29, 0.717) is 35.9 Å². The largest absolute Gasteiger partial charge is 0.494 e. The number of rotatable bonds is 7. The first-order valence-electron chi connectivity index (χ1n) is 8.42. The first-order chi connectivity index (χ1) is 12.0. The van der Waals surface area contributed by atoms with Crippen molar-refractivity contribution in [3.05, 3.63) is 54.1 Å². The number of benzene rings is 2. The zero-order chi connectivity index (χ0) is 18.2. The van der Waals surface area contributed by atoms with Crippen molar-refractivity contribution in [1.29, 1.82) is 0 Å². The molecule has 0 aliphatic carbocycles. The second kappa shape index (κ2) is 8.87. The van der Waals surface area contributed by atoms with Gasteiger partial charge < -0.3 is 15.4 Å². The molecule has 5 nitrogen and oxygen atoms in total. The van der Waals surface area contributed by atoms with E-state index in [1.165, 1.54) is 0 Å². The molecule has 0 aromatic heterocycles. The Labute approximate surface area is 148 Å². The Kier molecular flexibility index (Phi) is 6.57. The molecule has 0 saturated carbocycles. The number of carbonyl (C=O) groups excluding carboxylic acids is 2. The molecule has 0 heterocycles. The van der Waals surface area contributed by atoms with Crippen molar-refractivity contribution in [3.63, 3.8) is 0 Å². The second-order valence-electron chi connectivity index (χ2n) is 6.14. The van der Waals surface area contributed by atoms with Gasteiger partial charge in [-0.2, -0.15) is 0 Å². The lowest BCUT2D eigenvalue weighted by molar-refractivity contribution is -0.116. The third-order valence-corrected chi connectivity index (χ3v) is 3.45. The second-order valence-corrected chi connectivity index (χ2v) is 6.14. The maximum Gasteiger partial charge on any atom is 0.255 e. The molecular weight excluding hydrogens is 316 g/mol. The third-order valence-electron chi connectivity index (χ3n) is 3.45. The van der Waals surface area contributed by atoms with Gasteiger partial charge in [0.1, 0.15) is 5.75 Å². The maximum absolute atomic E-state index is 12.3. The fraction of sp³-hybridized carbons (Fsp3) is 0.300. The zero-order valence-corrected chi connectivity index (χ0v) is 14.8. The minimum atomic E-state index is -0.204. The summed E-state index contributed by atoms with van der Waals surface area (Å²) in [5, 5.41) is 5.65. The highest BCUT2D eigenvalue weighted by Crippen LogP contribution is 2.17. The van der Waals surface area contributed by atoms with Crippen molar-refractivity contribution in [1.82, 2.24) is 0 Å². The summed E-state index contributed by atoms with van der Waals surface area (Å²) >= 11 is 0. The van der Waals surface area contributed by atoms with Gasteiger partial charge in [0.05, 0.1) is 6.61 Å². The number of amides is 2. The van der Waals surface area contributed by atoms with Crippen LogP contribution in [-0.2, 0) is 4.79 Å². The fourth-order valence-corrected chi connectivity index (χ4v) is 2.29. The SMILES string of the molecule is CCOc1ccc(NC(=O)c2ccc(NC(=O)CC(C)C)cc2)cc1. The molecule has 0 unspecified atom stereocenters. The molecule has 2 aromatic carbocycles. The summed E-state index contributed by atoms with van der Waals surface area (Å²) < 4.78 is 5.37. The first kappa shape index (κ1) is 18.5. The highest BCUT2D eigenvalue weighted by molar-refractivity contribution is 6.04. The Morgan fingerprint density at radius 1 is 0.920 bits per heavy atom. The summed E-state index contributed by atoms with van der Waals surface area (Å²) in [5.41, 5.74) is 1.90. The number of hydrogen-bond acceptors (Lipinski definition) is 3. The number of carbonyl (C=O) groups is 2. The molecule has 5 heteroatoms. The molecular formula is C20H24N2O3. The van der Waals surface area contributed by atoms with Crippen LogP contribution in [0, 0.1) is 5.92 Å². The molecule has 0 bridgehead atoms. The van der Waals surface area contributed by atoms with Gasteiger partial charge in [-0.1, -0.05) is 13.8 Å². The van der Waals surface area contributed by atoms with Gasteiger partial charge >= 0.3 is 0 Å². The molecule has 0 aliphatic rings. The van der Waals surface area contributed by atoms with Crippen molar-refractivity contribution in [2.75, 3.05) is 17.2 Å². The van der Waals surface area contributed by atoms with Crippen molar-refractivity contribution in [3.8, 4) is 5.75 Å². The lowest BCUT2D eigenvalue weighted by Crippen LogP contribution is -2.14. The molecule has 2 amide bonds. The van der Waals surface area contributed by atoms with E-state index in [9.17, 15) is 9.59 Å². The van der Waals surface area contributed by atoms with Crippen LogP contribution in [0.5, 0.6) is 5.75 Å². The Balaban J connectivity index is 1.94. The van der Waals surface area contributed by atoms with Crippen molar-refractivity contribution < 1.29 is 14.3 Å². The van der Waals surface area contributed by atoms with E-state index in [1.807, 2.05) is 32.9 Å². The minimum Gasteiger partial charge on any atom is -0.494 e. The van der Waals surface area contributed by atoms with Crippen LogP contribution >= 0.6 is 0 Å². The lowest BCUT2D eigenvalue weighted by atomic mass is 10.1. The van der Waals surface area contributed by atoms with Gasteiger partial charge in [0.25, 0.3) is 5.91 Å². The van der Waals surface area contributed by atoms with E-state index in [2.05, 4.69) is 10.6 Å². The average molecular weight is 340 g/mol. The van der Waals surface area contributed by atoms with E-state index in [4.69, 9.17) is 4.74 Å². The molecule has 0 atom stereocenters. The minimum absolute atomic E-state index is 0.0263. The normalized spacial score (nSPS) is 10.4. The van der Waals surface area contributed by atoms with Crippen LogP contribution in [0.2, 0.25) is 0 Å². The van der Waals surface area contributed by atoms with Crippen molar-refractivity contribution >= 4 is 23.2 Å². The summed E-state index contributed by atoms with van der Waals surface area (Å²) in [5.74, 6) is 0.840. The van der Waals surface area contributed by atoms with Gasteiger partial charge in [0.15, 0.2) is 0 Å². The molecule has 0 spiro atoms. The molecule has 0 radical (unpaired) electrons. The highest BCUT2D eigenvalue weighted by Gasteiger charge is 2.08. The molecule has 0 saturated heterocycles. The van der Waals surface area contributed by atoms with E-state index in [1.54, 1.807) is 36.4 Å². The van der Waals surface area contributed by atoms with Crippen LogP contribution in [0.4, 0.5) is 11.4 Å². The molecule has 2 rings (SSSR count). The molecule has 25 heavy (non-hydrogen) atoms. The summed E-state index contributed by atoms with van der Waals surface area (Å²) in [4.78, 5) is 24.0. The monoisotopic (exact) mass is 340 g/mol. The van der Waals surface area contributed by atoms with E-state index in [0.717, 1.165) is 5.75 Å². The van der Waals surface area contributed by atoms with E-state index < -0.39 is 0 Å². The standard InChI is InChI=1S/C20H24N2O3/c1-4-25-18-11-9-17(10-12-18)22-20(24)15-5-7-16(8-6-15)21-19(23)13-14(2)3/h5-12,14H,4,13H2,1-3H3,(H,21,23)(H,22,24). The molecule has 0 fully saturated rings. The van der Waals surface area contributed by atoms with Crippen LogP contribution in [0.15, 0.2) is 48.5 Å².